The lowest BCUT2D eigenvalue weighted by atomic mass is 10.0. The lowest BCUT2D eigenvalue weighted by Gasteiger charge is -2.24. The number of carbonyl (C=O) groups is 3. The van der Waals surface area contributed by atoms with Crippen molar-refractivity contribution in [2.24, 2.45) is 11.7 Å². The maximum Gasteiger partial charge on any atom is 0.312 e. The van der Waals surface area contributed by atoms with E-state index < -0.39 is 12.1 Å². The smallest absolute Gasteiger partial charge is 0.312 e. The zero-order chi connectivity index (χ0) is 19.1. The number of amides is 3. The standard InChI is InChI=1S/C15H30N4O3.C2H6/c1-5-12(20)11(8-7-9-18-15(16)22)19-14(21)13(10(3)4)17-6-2;1-2/h10-11,13,17H,5-9H2,1-4H3,(H,19,21)(H3,16,18,22);1-2H3. The predicted molar refractivity (Wildman–Crippen MR) is 97.7 cm³/mol. The molecule has 0 heterocycles. The number of urea groups is 1. The molecule has 0 aliphatic heterocycles. The van der Waals surface area contributed by atoms with Gasteiger partial charge in [-0.2, -0.15) is 0 Å². The maximum atomic E-state index is 12.3. The molecule has 0 aromatic carbocycles. The summed E-state index contributed by atoms with van der Waals surface area (Å²) in [5, 5.41) is 8.43. The Kier molecular flexibility index (Phi) is 15.3. The van der Waals surface area contributed by atoms with Crippen LogP contribution in [0, 0.1) is 5.92 Å². The molecule has 0 spiro atoms. The Balaban J connectivity index is 0. The number of nitrogens with one attached hydrogen (secondary N) is 3. The van der Waals surface area contributed by atoms with Crippen molar-refractivity contribution in [2.75, 3.05) is 13.1 Å². The fraction of sp³-hybridized carbons (Fsp3) is 0.824. The van der Waals surface area contributed by atoms with Crippen LogP contribution in [0.2, 0.25) is 0 Å². The molecule has 0 aromatic rings. The van der Waals surface area contributed by atoms with Crippen molar-refractivity contribution >= 4 is 17.7 Å². The van der Waals surface area contributed by atoms with Crippen LogP contribution in [-0.4, -0.2) is 42.9 Å². The van der Waals surface area contributed by atoms with Crippen LogP contribution in [-0.2, 0) is 9.59 Å². The minimum Gasteiger partial charge on any atom is -0.352 e. The Morgan fingerprint density at radius 2 is 1.67 bits per heavy atom. The molecule has 24 heavy (non-hydrogen) atoms. The average Bonchev–Trinajstić information content (AvgIpc) is 2.55. The molecule has 0 aliphatic rings. The Morgan fingerprint density at radius 3 is 2.08 bits per heavy atom. The third-order valence-corrected chi connectivity index (χ3v) is 3.40. The second-order valence-electron chi connectivity index (χ2n) is 5.59. The number of nitrogens with two attached hydrogens (primary N) is 1. The average molecular weight is 345 g/mol. The van der Waals surface area contributed by atoms with Crippen molar-refractivity contribution in [2.45, 2.75) is 72.9 Å². The summed E-state index contributed by atoms with van der Waals surface area (Å²) in [6.45, 7) is 12.7. The van der Waals surface area contributed by atoms with Gasteiger partial charge in [-0.15, -0.1) is 0 Å². The quantitative estimate of drug-likeness (QED) is 0.426. The minimum atomic E-state index is -0.588. The van der Waals surface area contributed by atoms with E-state index in [0.29, 0.717) is 32.4 Å². The molecular weight excluding hydrogens is 308 g/mol. The van der Waals surface area contributed by atoms with E-state index in [0.717, 1.165) is 0 Å². The maximum absolute atomic E-state index is 12.3. The molecule has 0 rings (SSSR count). The number of hydrogen-bond donors (Lipinski definition) is 4. The first-order valence-electron chi connectivity index (χ1n) is 8.93. The van der Waals surface area contributed by atoms with Crippen molar-refractivity contribution in [3.63, 3.8) is 0 Å². The van der Waals surface area contributed by atoms with E-state index in [2.05, 4.69) is 16.0 Å². The molecule has 0 bridgehead atoms. The summed E-state index contributed by atoms with van der Waals surface area (Å²) < 4.78 is 0. The van der Waals surface area contributed by atoms with Gasteiger partial charge >= 0.3 is 6.03 Å². The minimum absolute atomic E-state index is 0.00794. The van der Waals surface area contributed by atoms with Crippen LogP contribution in [0.3, 0.4) is 0 Å². The molecule has 7 heteroatoms. The van der Waals surface area contributed by atoms with Gasteiger partial charge in [-0.05, 0) is 25.3 Å². The summed E-state index contributed by atoms with van der Waals surface area (Å²) >= 11 is 0. The van der Waals surface area contributed by atoms with Crippen LogP contribution >= 0.6 is 0 Å². The highest BCUT2D eigenvalue weighted by atomic mass is 16.2. The summed E-state index contributed by atoms with van der Waals surface area (Å²) in [4.78, 5) is 34.9. The molecule has 142 valence electrons. The topological polar surface area (TPSA) is 113 Å². The molecule has 2 atom stereocenters. The molecule has 7 nitrogen and oxygen atoms in total. The number of rotatable bonds is 11. The van der Waals surface area contributed by atoms with Crippen molar-refractivity contribution in [1.29, 1.82) is 0 Å². The molecular formula is C17H36N4O3. The lowest BCUT2D eigenvalue weighted by molar-refractivity contribution is -0.129. The fourth-order valence-corrected chi connectivity index (χ4v) is 2.19. The third kappa shape index (κ3) is 11.0. The zero-order valence-corrected chi connectivity index (χ0v) is 16.1. The fourth-order valence-electron chi connectivity index (χ4n) is 2.19. The van der Waals surface area contributed by atoms with Gasteiger partial charge in [-0.25, -0.2) is 4.79 Å². The second-order valence-corrected chi connectivity index (χ2v) is 5.59. The summed E-state index contributed by atoms with van der Waals surface area (Å²) in [6.07, 6.45) is 1.42. The number of primary amides is 1. The molecule has 0 fully saturated rings. The summed E-state index contributed by atoms with van der Waals surface area (Å²) in [6, 6.07) is -1.43. The van der Waals surface area contributed by atoms with E-state index in [9.17, 15) is 14.4 Å². The highest BCUT2D eigenvalue weighted by molar-refractivity contribution is 5.90. The van der Waals surface area contributed by atoms with Gasteiger partial charge in [0.1, 0.15) is 0 Å². The number of ketones is 1. The molecule has 0 radical (unpaired) electrons. The highest BCUT2D eigenvalue weighted by Crippen LogP contribution is 2.06. The van der Waals surface area contributed by atoms with Crippen LogP contribution in [0.1, 0.15) is 60.8 Å². The summed E-state index contributed by atoms with van der Waals surface area (Å²) in [7, 11) is 0. The van der Waals surface area contributed by atoms with Gasteiger partial charge in [-0.1, -0.05) is 41.5 Å². The second kappa shape index (κ2) is 14.9. The van der Waals surface area contributed by atoms with Crippen molar-refractivity contribution < 1.29 is 14.4 Å². The first-order chi connectivity index (χ1) is 11.3. The Hall–Kier alpha value is -1.63. The normalized spacial score (nSPS) is 12.6. The SMILES string of the molecule is CC.CCNC(C(=O)NC(CCCNC(N)=O)C(=O)CC)C(C)C. The van der Waals surface area contributed by atoms with Crippen molar-refractivity contribution in [3.05, 3.63) is 0 Å². The van der Waals surface area contributed by atoms with E-state index in [1.165, 1.54) is 0 Å². The highest BCUT2D eigenvalue weighted by Gasteiger charge is 2.25. The summed E-state index contributed by atoms with van der Waals surface area (Å²) in [5.41, 5.74) is 4.99. The van der Waals surface area contributed by atoms with E-state index >= 15 is 0 Å². The number of likely N-dealkylation sites (N-methyl/N-ethyl adjacent to an activating group) is 1. The van der Waals surface area contributed by atoms with Crippen LogP contribution in [0.4, 0.5) is 4.79 Å². The van der Waals surface area contributed by atoms with Crippen LogP contribution in [0.15, 0.2) is 0 Å². The third-order valence-electron chi connectivity index (χ3n) is 3.40. The van der Waals surface area contributed by atoms with Gasteiger partial charge in [0.2, 0.25) is 5.91 Å². The van der Waals surface area contributed by atoms with Gasteiger partial charge in [-0.3, -0.25) is 9.59 Å². The number of Topliss-reactive ketones (excluding diaryl/α,β-unsaturated/α-hetero) is 1. The van der Waals surface area contributed by atoms with Crippen molar-refractivity contribution in [3.8, 4) is 0 Å². The molecule has 5 N–H and O–H groups in total. The molecule has 3 amide bonds. The largest absolute Gasteiger partial charge is 0.352 e. The van der Waals surface area contributed by atoms with E-state index in [1.807, 2.05) is 34.6 Å². The monoisotopic (exact) mass is 344 g/mol. The number of carbonyl (C=O) groups excluding carboxylic acids is 3. The molecule has 0 aromatic heterocycles. The van der Waals surface area contributed by atoms with Crippen LogP contribution < -0.4 is 21.7 Å². The number of hydrogen-bond acceptors (Lipinski definition) is 4. The van der Waals surface area contributed by atoms with Gasteiger partial charge in [0.05, 0.1) is 12.1 Å². The van der Waals surface area contributed by atoms with Gasteiger partial charge in [0, 0.05) is 13.0 Å². The first-order valence-corrected chi connectivity index (χ1v) is 8.93. The lowest BCUT2D eigenvalue weighted by Crippen LogP contribution is -2.52. The molecule has 0 saturated heterocycles. The first kappa shape index (κ1) is 24.6. The van der Waals surface area contributed by atoms with E-state index in [1.54, 1.807) is 6.92 Å². The molecule has 0 saturated carbocycles. The van der Waals surface area contributed by atoms with Crippen LogP contribution in [0.25, 0.3) is 0 Å². The molecule has 0 aliphatic carbocycles. The van der Waals surface area contributed by atoms with Gasteiger partial charge in [0.15, 0.2) is 5.78 Å². The van der Waals surface area contributed by atoms with E-state index in [-0.39, 0.29) is 23.7 Å². The Bertz CT molecular complexity index is 373. The Morgan fingerprint density at radius 1 is 1.08 bits per heavy atom. The molecule has 2 unspecified atom stereocenters. The summed E-state index contributed by atoms with van der Waals surface area (Å²) in [5.74, 6) is -0.0354. The predicted octanol–water partition coefficient (Wildman–Crippen LogP) is 1.56. The van der Waals surface area contributed by atoms with E-state index in [4.69, 9.17) is 5.73 Å². The van der Waals surface area contributed by atoms with Gasteiger partial charge < -0.3 is 21.7 Å². The zero-order valence-electron chi connectivity index (χ0n) is 16.1. The van der Waals surface area contributed by atoms with Crippen LogP contribution in [0.5, 0.6) is 0 Å². The van der Waals surface area contributed by atoms with Gasteiger partial charge in [0.25, 0.3) is 0 Å². The van der Waals surface area contributed by atoms with Crippen molar-refractivity contribution in [1.82, 2.24) is 16.0 Å². The Labute approximate surface area is 146 Å².